The van der Waals surface area contributed by atoms with Crippen LogP contribution < -0.4 is 10.5 Å². The first-order valence-electron chi connectivity index (χ1n) is 5.14. The highest BCUT2D eigenvalue weighted by atomic mass is 32.2. The van der Waals surface area contributed by atoms with Crippen LogP contribution in [0, 0.1) is 17.5 Å². The number of anilines is 1. The van der Waals surface area contributed by atoms with Gasteiger partial charge in [0.05, 0.1) is 4.99 Å². The van der Waals surface area contributed by atoms with Crippen molar-refractivity contribution in [3.05, 3.63) is 29.6 Å². The molecule has 0 aromatic heterocycles. The van der Waals surface area contributed by atoms with E-state index in [1.54, 1.807) is 4.72 Å². The van der Waals surface area contributed by atoms with E-state index in [0.717, 1.165) is 0 Å². The number of hydrogen-bond acceptors (Lipinski definition) is 3. The summed E-state index contributed by atoms with van der Waals surface area (Å²) in [5.41, 5.74) is 4.29. The Morgan fingerprint density at radius 2 is 1.84 bits per heavy atom. The van der Waals surface area contributed by atoms with Crippen LogP contribution in [0.1, 0.15) is 13.3 Å². The van der Waals surface area contributed by atoms with E-state index in [1.807, 2.05) is 0 Å². The third-order valence-electron chi connectivity index (χ3n) is 2.31. The number of sulfonamides is 1. The van der Waals surface area contributed by atoms with E-state index in [1.165, 1.54) is 6.92 Å². The third kappa shape index (κ3) is 3.57. The van der Waals surface area contributed by atoms with Crippen molar-refractivity contribution in [1.29, 1.82) is 0 Å². The molecule has 0 spiro atoms. The summed E-state index contributed by atoms with van der Waals surface area (Å²) in [5.74, 6) is -3.88. The first kappa shape index (κ1) is 15.7. The van der Waals surface area contributed by atoms with Crippen LogP contribution in [0.4, 0.5) is 18.9 Å². The van der Waals surface area contributed by atoms with E-state index in [4.69, 9.17) is 5.73 Å². The average molecular weight is 312 g/mol. The van der Waals surface area contributed by atoms with Crippen molar-refractivity contribution in [2.24, 2.45) is 5.73 Å². The summed E-state index contributed by atoms with van der Waals surface area (Å²) in [6.07, 6.45) is 0.0368. The molecule has 0 aliphatic carbocycles. The minimum absolute atomic E-state index is 0.0368. The summed E-state index contributed by atoms with van der Waals surface area (Å²) < 4.78 is 64.8. The van der Waals surface area contributed by atoms with Crippen molar-refractivity contribution in [2.45, 2.75) is 18.6 Å². The van der Waals surface area contributed by atoms with Gasteiger partial charge in [-0.3, -0.25) is 4.72 Å². The molecule has 0 saturated carbocycles. The zero-order valence-electron chi connectivity index (χ0n) is 9.78. The second kappa shape index (κ2) is 5.74. The van der Waals surface area contributed by atoms with Gasteiger partial charge in [0.15, 0.2) is 11.6 Å². The van der Waals surface area contributed by atoms with E-state index >= 15 is 0 Å². The normalized spacial score (nSPS) is 13.1. The summed E-state index contributed by atoms with van der Waals surface area (Å²) in [7, 11) is -4.20. The van der Waals surface area contributed by atoms with Crippen LogP contribution in [0.2, 0.25) is 0 Å². The molecule has 0 aliphatic rings. The molecule has 0 fully saturated rings. The molecule has 0 saturated heterocycles. The van der Waals surface area contributed by atoms with Crippen LogP contribution in [-0.4, -0.2) is 18.7 Å². The summed E-state index contributed by atoms with van der Waals surface area (Å²) in [6, 6.07) is 0.727. The standard InChI is InChI=1S/C10H11F3N2O2S2/c1-2-8(10(14)18)19(16,17)15-9-6(12)3-5(11)4-7(9)13/h3-4,8,15H,2H2,1H3,(H2,14,18). The fourth-order valence-corrected chi connectivity index (χ4v) is 3.34. The monoisotopic (exact) mass is 312 g/mol. The van der Waals surface area contributed by atoms with Gasteiger partial charge in [0.2, 0.25) is 10.0 Å². The molecule has 1 aromatic rings. The molecule has 1 unspecified atom stereocenters. The SMILES string of the molecule is CCC(C(N)=S)S(=O)(=O)Nc1c(F)cc(F)cc1F. The molecule has 1 atom stereocenters. The molecule has 0 amide bonds. The third-order valence-corrected chi connectivity index (χ3v) is 4.57. The Morgan fingerprint density at radius 3 is 2.21 bits per heavy atom. The summed E-state index contributed by atoms with van der Waals surface area (Å²) in [4.78, 5) is -0.321. The minimum Gasteiger partial charge on any atom is -0.392 e. The first-order valence-corrected chi connectivity index (χ1v) is 7.10. The van der Waals surface area contributed by atoms with Crippen molar-refractivity contribution in [1.82, 2.24) is 0 Å². The molecule has 106 valence electrons. The Bertz CT molecular complexity index is 582. The Kier molecular flexibility index (Phi) is 4.75. The lowest BCUT2D eigenvalue weighted by Crippen LogP contribution is -2.38. The molecule has 0 heterocycles. The van der Waals surface area contributed by atoms with Gasteiger partial charge in [0.25, 0.3) is 0 Å². The molecule has 9 heteroatoms. The van der Waals surface area contributed by atoms with Crippen LogP contribution >= 0.6 is 12.2 Å². The zero-order chi connectivity index (χ0) is 14.8. The number of rotatable bonds is 5. The van der Waals surface area contributed by atoms with Crippen LogP contribution in [0.15, 0.2) is 12.1 Å². The van der Waals surface area contributed by atoms with Crippen LogP contribution in [0.5, 0.6) is 0 Å². The Morgan fingerprint density at radius 1 is 1.37 bits per heavy atom. The van der Waals surface area contributed by atoms with Gasteiger partial charge in [0, 0.05) is 12.1 Å². The number of halogens is 3. The number of nitrogens with two attached hydrogens (primary N) is 1. The summed E-state index contributed by atoms with van der Waals surface area (Å²) >= 11 is 4.58. The maximum absolute atomic E-state index is 13.3. The Hall–Kier alpha value is -1.35. The van der Waals surface area contributed by atoms with E-state index in [9.17, 15) is 21.6 Å². The Balaban J connectivity index is 3.19. The van der Waals surface area contributed by atoms with Crippen molar-refractivity contribution < 1.29 is 21.6 Å². The van der Waals surface area contributed by atoms with Gasteiger partial charge >= 0.3 is 0 Å². The smallest absolute Gasteiger partial charge is 0.242 e. The van der Waals surface area contributed by atoms with Gasteiger partial charge in [0.1, 0.15) is 16.8 Å². The summed E-state index contributed by atoms with van der Waals surface area (Å²) in [5, 5.41) is -1.27. The maximum Gasteiger partial charge on any atom is 0.242 e. The largest absolute Gasteiger partial charge is 0.392 e. The fourth-order valence-electron chi connectivity index (χ4n) is 1.43. The number of nitrogens with one attached hydrogen (secondary N) is 1. The highest BCUT2D eigenvalue weighted by molar-refractivity contribution is 7.95. The molecule has 0 bridgehead atoms. The van der Waals surface area contributed by atoms with Gasteiger partial charge in [-0.15, -0.1) is 0 Å². The molecule has 1 aromatic carbocycles. The number of hydrogen-bond donors (Lipinski definition) is 2. The molecular weight excluding hydrogens is 301 g/mol. The topological polar surface area (TPSA) is 72.2 Å². The zero-order valence-corrected chi connectivity index (χ0v) is 11.4. The van der Waals surface area contributed by atoms with Crippen molar-refractivity contribution in [3.63, 3.8) is 0 Å². The number of thiocarbonyl (C=S) groups is 1. The van der Waals surface area contributed by atoms with Gasteiger partial charge in [-0.25, -0.2) is 21.6 Å². The molecule has 0 aliphatic heterocycles. The van der Waals surface area contributed by atoms with Crippen LogP contribution in [0.3, 0.4) is 0 Å². The van der Waals surface area contributed by atoms with Crippen molar-refractivity contribution in [2.75, 3.05) is 4.72 Å². The lowest BCUT2D eigenvalue weighted by atomic mass is 10.3. The van der Waals surface area contributed by atoms with Gasteiger partial charge in [-0.2, -0.15) is 0 Å². The minimum atomic E-state index is -4.20. The quantitative estimate of drug-likeness (QED) is 0.815. The van der Waals surface area contributed by atoms with Crippen LogP contribution in [0.25, 0.3) is 0 Å². The van der Waals surface area contributed by atoms with E-state index in [2.05, 4.69) is 12.2 Å². The second-order valence-electron chi connectivity index (χ2n) is 3.69. The highest BCUT2D eigenvalue weighted by Gasteiger charge is 2.28. The summed E-state index contributed by atoms with van der Waals surface area (Å²) in [6.45, 7) is 1.50. The van der Waals surface area contributed by atoms with Gasteiger partial charge < -0.3 is 5.73 Å². The van der Waals surface area contributed by atoms with E-state index in [-0.39, 0.29) is 11.4 Å². The predicted molar refractivity (Wildman–Crippen MR) is 69.7 cm³/mol. The maximum atomic E-state index is 13.3. The molecule has 4 nitrogen and oxygen atoms in total. The van der Waals surface area contributed by atoms with Gasteiger partial charge in [-0.05, 0) is 6.42 Å². The highest BCUT2D eigenvalue weighted by Crippen LogP contribution is 2.23. The molecule has 1 rings (SSSR count). The van der Waals surface area contributed by atoms with Crippen LogP contribution in [-0.2, 0) is 10.0 Å². The lowest BCUT2D eigenvalue weighted by molar-refractivity contribution is 0.547. The predicted octanol–water partition coefficient (Wildman–Crippen LogP) is 1.91. The van der Waals surface area contributed by atoms with E-state index in [0.29, 0.717) is 12.1 Å². The molecule has 19 heavy (non-hydrogen) atoms. The Labute approximate surface area is 113 Å². The molecule has 3 N–H and O–H groups in total. The first-order chi connectivity index (χ1) is 8.69. The second-order valence-corrected chi connectivity index (χ2v) is 6.03. The van der Waals surface area contributed by atoms with Crippen molar-refractivity contribution in [3.8, 4) is 0 Å². The fraction of sp³-hybridized carbons (Fsp3) is 0.300. The van der Waals surface area contributed by atoms with Crippen molar-refractivity contribution >= 4 is 32.9 Å². The van der Waals surface area contributed by atoms with E-state index < -0.39 is 38.4 Å². The van der Waals surface area contributed by atoms with Gasteiger partial charge in [-0.1, -0.05) is 19.1 Å². The molecule has 0 radical (unpaired) electrons. The lowest BCUT2D eigenvalue weighted by Gasteiger charge is -2.16. The average Bonchev–Trinajstić information content (AvgIpc) is 2.23. The number of benzene rings is 1. The molecular formula is C10H11F3N2O2S2.